The van der Waals surface area contributed by atoms with E-state index in [-0.39, 0.29) is 12.1 Å². The lowest BCUT2D eigenvalue weighted by atomic mass is 10.1. The molecular formula is C13H19N3O. The first-order valence-electron chi connectivity index (χ1n) is 5.77. The maximum Gasteiger partial charge on any atom is 0.144 e. The predicted molar refractivity (Wildman–Crippen MR) is 67.8 cm³/mol. The number of nitrogens with one attached hydrogen (secondary N) is 1. The Kier molecular flexibility index (Phi) is 4.47. The summed E-state index contributed by atoms with van der Waals surface area (Å²) in [7, 11) is 0. The second kappa shape index (κ2) is 5.65. The number of pyridine rings is 1. The van der Waals surface area contributed by atoms with E-state index in [2.05, 4.69) is 16.4 Å². The molecule has 0 aliphatic carbocycles. The fraction of sp³-hybridized carbons (Fsp3) is 0.538. The van der Waals surface area contributed by atoms with E-state index < -0.39 is 0 Å². The molecule has 1 aromatic rings. The molecule has 0 aliphatic rings. The van der Waals surface area contributed by atoms with Gasteiger partial charge in [-0.1, -0.05) is 0 Å². The summed E-state index contributed by atoms with van der Waals surface area (Å²) in [6, 6.07) is 4.13. The normalized spacial score (nSPS) is 13.9. The van der Waals surface area contributed by atoms with E-state index in [1.807, 2.05) is 26.8 Å². The SMILES string of the molecule is Cc1cc(C)c(C#N)c(NC(C)CC(C)O)n1. The number of anilines is 1. The topological polar surface area (TPSA) is 68.9 Å². The summed E-state index contributed by atoms with van der Waals surface area (Å²) >= 11 is 0. The molecule has 0 bridgehead atoms. The number of aromatic nitrogens is 1. The van der Waals surface area contributed by atoms with Crippen LogP contribution in [0.25, 0.3) is 0 Å². The molecule has 0 aromatic carbocycles. The number of aliphatic hydroxyl groups is 1. The van der Waals surface area contributed by atoms with E-state index in [0.29, 0.717) is 17.8 Å². The molecule has 4 heteroatoms. The first-order valence-corrected chi connectivity index (χ1v) is 5.77. The van der Waals surface area contributed by atoms with E-state index in [9.17, 15) is 5.11 Å². The van der Waals surface area contributed by atoms with Gasteiger partial charge in [0, 0.05) is 11.7 Å². The number of aryl methyl sites for hydroxylation is 2. The molecule has 0 spiro atoms. The molecule has 0 radical (unpaired) electrons. The maximum atomic E-state index is 9.31. The van der Waals surface area contributed by atoms with Crippen LogP contribution in [0, 0.1) is 25.2 Å². The Bertz CT molecular complexity index is 435. The second-order valence-electron chi connectivity index (χ2n) is 4.55. The molecule has 2 N–H and O–H groups in total. The molecule has 17 heavy (non-hydrogen) atoms. The number of aliphatic hydroxyl groups excluding tert-OH is 1. The zero-order chi connectivity index (χ0) is 13.0. The van der Waals surface area contributed by atoms with E-state index in [4.69, 9.17) is 5.26 Å². The Balaban J connectivity index is 2.94. The van der Waals surface area contributed by atoms with Crippen molar-refractivity contribution in [3.63, 3.8) is 0 Å². The lowest BCUT2D eigenvalue weighted by molar-refractivity contribution is 0.179. The van der Waals surface area contributed by atoms with Crippen LogP contribution in [-0.4, -0.2) is 22.2 Å². The average molecular weight is 233 g/mol. The Morgan fingerprint density at radius 1 is 1.47 bits per heavy atom. The van der Waals surface area contributed by atoms with Gasteiger partial charge in [-0.05, 0) is 45.7 Å². The third kappa shape index (κ3) is 3.72. The van der Waals surface area contributed by atoms with Crippen molar-refractivity contribution in [2.45, 2.75) is 46.3 Å². The largest absolute Gasteiger partial charge is 0.393 e. The first kappa shape index (κ1) is 13.5. The zero-order valence-corrected chi connectivity index (χ0v) is 10.8. The number of hydrogen-bond donors (Lipinski definition) is 2. The Morgan fingerprint density at radius 3 is 2.65 bits per heavy atom. The molecule has 0 saturated carbocycles. The predicted octanol–water partition coefficient (Wildman–Crippen LogP) is 2.14. The first-order chi connectivity index (χ1) is 7.93. The van der Waals surface area contributed by atoms with Crippen molar-refractivity contribution in [2.24, 2.45) is 0 Å². The third-order valence-electron chi connectivity index (χ3n) is 2.53. The van der Waals surface area contributed by atoms with Crippen molar-refractivity contribution in [1.29, 1.82) is 5.26 Å². The highest BCUT2D eigenvalue weighted by Gasteiger charge is 2.12. The van der Waals surface area contributed by atoms with Gasteiger partial charge in [-0.3, -0.25) is 0 Å². The molecular weight excluding hydrogens is 214 g/mol. The fourth-order valence-corrected chi connectivity index (χ4v) is 1.89. The van der Waals surface area contributed by atoms with Gasteiger partial charge in [-0.15, -0.1) is 0 Å². The van der Waals surface area contributed by atoms with Crippen LogP contribution in [0.4, 0.5) is 5.82 Å². The lowest BCUT2D eigenvalue weighted by Crippen LogP contribution is -2.22. The Morgan fingerprint density at radius 2 is 2.12 bits per heavy atom. The van der Waals surface area contributed by atoms with Gasteiger partial charge < -0.3 is 10.4 Å². The minimum atomic E-state index is -0.367. The second-order valence-corrected chi connectivity index (χ2v) is 4.55. The molecule has 0 fully saturated rings. The van der Waals surface area contributed by atoms with Crippen molar-refractivity contribution in [2.75, 3.05) is 5.32 Å². The average Bonchev–Trinajstić information content (AvgIpc) is 2.15. The number of hydrogen-bond acceptors (Lipinski definition) is 4. The smallest absolute Gasteiger partial charge is 0.144 e. The van der Waals surface area contributed by atoms with Crippen molar-refractivity contribution in [1.82, 2.24) is 4.98 Å². The molecule has 0 saturated heterocycles. The van der Waals surface area contributed by atoms with Gasteiger partial charge in [0.2, 0.25) is 0 Å². The molecule has 2 atom stereocenters. The summed E-state index contributed by atoms with van der Waals surface area (Å²) in [4.78, 5) is 4.34. The summed E-state index contributed by atoms with van der Waals surface area (Å²) in [5.74, 6) is 0.609. The summed E-state index contributed by atoms with van der Waals surface area (Å²) in [6.07, 6.45) is 0.258. The lowest BCUT2D eigenvalue weighted by Gasteiger charge is -2.17. The van der Waals surface area contributed by atoms with Crippen LogP contribution in [0.2, 0.25) is 0 Å². The van der Waals surface area contributed by atoms with Gasteiger partial charge in [-0.25, -0.2) is 4.98 Å². The van der Waals surface area contributed by atoms with Crippen molar-refractivity contribution in [3.8, 4) is 6.07 Å². The summed E-state index contributed by atoms with van der Waals surface area (Å²) in [5.41, 5.74) is 2.38. The monoisotopic (exact) mass is 233 g/mol. The molecule has 2 unspecified atom stereocenters. The molecule has 0 aliphatic heterocycles. The molecule has 1 heterocycles. The van der Waals surface area contributed by atoms with E-state index in [1.54, 1.807) is 6.92 Å². The zero-order valence-electron chi connectivity index (χ0n) is 10.8. The minimum absolute atomic E-state index is 0.0794. The molecule has 4 nitrogen and oxygen atoms in total. The fourth-order valence-electron chi connectivity index (χ4n) is 1.89. The highest BCUT2D eigenvalue weighted by Crippen LogP contribution is 2.19. The number of rotatable bonds is 4. The van der Waals surface area contributed by atoms with Crippen LogP contribution in [0.3, 0.4) is 0 Å². The summed E-state index contributed by atoms with van der Waals surface area (Å²) < 4.78 is 0. The quantitative estimate of drug-likeness (QED) is 0.836. The Hall–Kier alpha value is -1.60. The van der Waals surface area contributed by atoms with Gasteiger partial charge in [-0.2, -0.15) is 5.26 Å². The van der Waals surface area contributed by atoms with Crippen molar-refractivity contribution >= 4 is 5.82 Å². The molecule has 1 rings (SSSR count). The van der Waals surface area contributed by atoms with Crippen LogP contribution < -0.4 is 5.32 Å². The van der Waals surface area contributed by atoms with E-state index in [1.165, 1.54) is 0 Å². The van der Waals surface area contributed by atoms with Gasteiger partial charge >= 0.3 is 0 Å². The maximum absolute atomic E-state index is 9.31. The minimum Gasteiger partial charge on any atom is -0.393 e. The van der Waals surface area contributed by atoms with E-state index in [0.717, 1.165) is 11.3 Å². The number of nitrogens with zero attached hydrogens (tertiary/aromatic N) is 2. The molecule has 0 amide bonds. The van der Waals surface area contributed by atoms with E-state index >= 15 is 0 Å². The van der Waals surface area contributed by atoms with Crippen LogP contribution in [-0.2, 0) is 0 Å². The highest BCUT2D eigenvalue weighted by atomic mass is 16.3. The summed E-state index contributed by atoms with van der Waals surface area (Å²) in [6.45, 7) is 7.52. The Labute approximate surface area is 102 Å². The van der Waals surface area contributed by atoms with Gasteiger partial charge in [0.1, 0.15) is 11.9 Å². The van der Waals surface area contributed by atoms with Gasteiger partial charge in [0.15, 0.2) is 0 Å². The highest BCUT2D eigenvalue weighted by molar-refractivity contribution is 5.56. The van der Waals surface area contributed by atoms with Crippen LogP contribution >= 0.6 is 0 Å². The molecule has 1 aromatic heterocycles. The third-order valence-corrected chi connectivity index (χ3v) is 2.53. The van der Waals surface area contributed by atoms with Gasteiger partial charge in [0.05, 0.1) is 11.7 Å². The molecule has 92 valence electrons. The number of nitriles is 1. The van der Waals surface area contributed by atoms with Crippen LogP contribution in [0.1, 0.15) is 37.1 Å². The van der Waals surface area contributed by atoms with Crippen LogP contribution in [0.5, 0.6) is 0 Å². The van der Waals surface area contributed by atoms with Crippen molar-refractivity contribution in [3.05, 3.63) is 22.9 Å². The standard InChI is InChI=1S/C13H19N3O/c1-8-5-9(2)15-13(12(8)7-14)16-10(3)6-11(4)17/h5,10-11,17H,6H2,1-4H3,(H,15,16). The summed E-state index contributed by atoms with van der Waals surface area (Å²) in [5, 5.41) is 21.6. The van der Waals surface area contributed by atoms with Crippen LogP contribution in [0.15, 0.2) is 6.07 Å². The van der Waals surface area contributed by atoms with Crippen molar-refractivity contribution < 1.29 is 5.11 Å². The van der Waals surface area contributed by atoms with Gasteiger partial charge in [0.25, 0.3) is 0 Å².